The summed E-state index contributed by atoms with van der Waals surface area (Å²) in [6.45, 7) is 0. The Morgan fingerprint density at radius 1 is 1.00 bits per heavy atom. The summed E-state index contributed by atoms with van der Waals surface area (Å²) in [5.74, 6) is 0. The Morgan fingerprint density at radius 3 is 2.63 bits per heavy atom. The number of aryl methyl sites for hydroxylation is 1. The molecule has 3 aromatic heterocycles. The van der Waals surface area contributed by atoms with E-state index >= 15 is 0 Å². The van der Waals surface area contributed by atoms with Crippen molar-refractivity contribution in [1.29, 1.82) is 0 Å². The maximum absolute atomic E-state index is 12.1. The lowest BCUT2D eigenvalue weighted by molar-refractivity contribution is -0.644. The smallest absolute Gasteiger partial charge is 0.256 e. The molecule has 0 radical (unpaired) electrons. The van der Waals surface area contributed by atoms with E-state index in [1.807, 2.05) is 42.1 Å². The fourth-order valence-electron chi connectivity index (χ4n) is 2.77. The van der Waals surface area contributed by atoms with Crippen LogP contribution in [0.25, 0.3) is 27.3 Å². The first kappa shape index (κ1) is 12.1. The topological polar surface area (TPSA) is 25.4 Å². The van der Waals surface area contributed by atoms with E-state index in [2.05, 4.69) is 12.1 Å². The molecule has 0 atom stereocenters. The van der Waals surface area contributed by atoms with Crippen LogP contribution in [0.4, 0.5) is 0 Å². The molecule has 0 aliphatic carbocycles. The van der Waals surface area contributed by atoms with Crippen LogP contribution in [-0.2, 0) is 7.05 Å². The number of fused-ring (bicyclic) bond motifs is 3. The van der Waals surface area contributed by atoms with Crippen molar-refractivity contribution in [3.63, 3.8) is 0 Å². The highest BCUT2D eigenvalue weighted by molar-refractivity contribution is 6.11. The van der Waals surface area contributed by atoms with Crippen molar-refractivity contribution in [3.05, 3.63) is 59.0 Å². The molecule has 0 saturated carbocycles. The van der Waals surface area contributed by atoms with Gasteiger partial charge < -0.3 is 17.0 Å². The summed E-state index contributed by atoms with van der Waals surface area (Å²) in [5.41, 5.74) is 3.09. The zero-order valence-corrected chi connectivity index (χ0v) is 11.9. The number of hydrogen-bond acceptors (Lipinski definition) is 1. The van der Waals surface area contributed by atoms with Crippen LogP contribution in [0.5, 0.6) is 0 Å². The Hall–Kier alpha value is -1.94. The molecule has 19 heavy (non-hydrogen) atoms. The van der Waals surface area contributed by atoms with Crippen LogP contribution in [0.3, 0.4) is 0 Å². The molecular formula is C15H11BrN2O. The number of aromatic nitrogens is 2. The van der Waals surface area contributed by atoms with E-state index in [4.69, 9.17) is 0 Å². The SMILES string of the molecule is C[n+]1ccc2c3ccccc3n3c(=O)ccc1c23.[Br-]. The minimum Gasteiger partial charge on any atom is -1.00 e. The summed E-state index contributed by atoms with van der Waals surface area (Å²) in [6, 6.07) is 13.6. The number of para-hydroxylation sites is 1. The summed E-state index contributed by atoms with van der Waals surface area (Å²) in [5, 5.41) is 2.27. The van der Waals surface area contributed by atoms with Gasteiger partial charge in [0, 0.05) is 29.0 Å². The van der Waals surface area contributed by atoms with Crippen LogP contribution in [0.1, 0.15) is 0 Å². The molecule has 0 N–H and O–H groups in total. The standard InChI is InChI=1S/C15H11N2O.BrH/c1-16-9-8-11-10-4-2-3-5-12(10)17-14(18)7-6-13(16)15(11)17;/h2-9H,1H3;1H/q+1;/p-1. The lowest BCUT2D eigenvalue weighted by Gasteiger charge is -1.97. The van der Waals surface area contributed by atoms with Crippen molar-refractivity contribution in [3.8, 4) is 0 Å². The first-order valence-corrected chi connectivity index (χ1v) is 5.91. The van der Waals surface area contributed by atoms with E-state index in [1.165, 1.54) is 0 Å². The van der Waals surface area contributed by atoms with Gasteiger partial charge in [-0.15, -0.1) is 0 Å². The first-order valence-electron chi connectivity index (χ1n) is 5.91. The largest absolute Gasteiger partial charge is 1.00 e. The third-order valence-corrected chi connectivity index (χ3v) is 3.61. The summed E-state index contributed by atoms with van der Waals surface area (Å²) in [7, 11) is 2.00. The summed E-state index contributed by atoms with van der Waals surface area (Å²) in [6.07, 6.45) is 2.04. The number of pyridine rings is 2. The van der Waals surface area contributed by atoms with E-state index in [-0.39, 0.29) is 22.5 Å². The minimum atomic E-state index is 0. The van der Waals surface area contributed by atoms with Crippen LogP contribution >= 0.6 is 0 Å². The summed E-state index contributed by atoms with van der Waals surface area (Å²) >= 11 is 0. The van der Waals surface area contributed by atoms with E-state index in [1.54, 1.807) is 10.5 Å². The Labute approximate surface area is 119 Å². The lowest BCUT2D eigenvalue weighted by atomic mass is 10.2. The maximum atomic E-state index is 12.1. The molecule has 3 heterocycles. The molecule has 0 aliphatic rings. The number of nitrogens with zero attached hydrogens (tertiary/aromatic N) is 2. The van der Waals surface area contributed by atoms with Crippen LogP contribution in [0.2, 0.25) is 0 Å². The second kappa shape index (κ2) is 4.03. The van der Waals surface area contributed by atoms with Crippen LogP contribution in [-0.4, -0.2) is 4.40 Å². The van der Waals surface area contributed by atoms with Gasteiger partial charge in [0.2, 0.25) is 5.52 Å². The molecule has 4 aromatic rings. The van der Waals surface area contributed by atoms with Crippen molar-refractivity contribution >= 4 is 27.3 Å². The van der Waals surface area contributed by atoms with Gasteiger partial charge in [-0.2, -0.15) is 4.57 Å². The molecule has 0 spiro atoms. The van der Waals surface area contributed by atoms with E-state index in [9.17, 15) is 4.79 Å². The highest BCUT2D eigenvalue weighted by Gasteiger charge is 2.17. The lowest BCUT2D eigenvalue weighted by Crippen LogP contribution is -3.00. The average molecular weight is 315 g/mol. The van der Waals surface area contributed by atoms with Gasteiger partial charge in [-0.25, -0.2) is 0 Å². The number of benzene rings is 1. The quantitative estimate of drug-likeness (QED) is 0.377. The Morgan fingerprint density at radius 2 is 1.79 bits per heavy atom. The summed E-state index contributed by atoms with van der Waals surface area (Å²) < 4.78 is 3.85. The molecule has 3 nitrogen and oxygen atoms in total. The fraction of sp³-hybridized carbons (Fsp3) is 0.0667. The minimum absolute atomic E-state index is 0. The zero-order chi connectivity index (χ0) is 12.3. The molecule has 0 unspecified atom stereocenters. The first-order chi connectivity index (χ1) is 8.77. The predicted molar refractivity (Wildman–Crippen MR) is 71.0 cm³/mol. The van der Waals surface area contributed by atoms with Crippen molar-refractivity contribution in [1.82, 2.24) is 4.40 Å². The van der Waals surface area contributed by atoms with Gasteiger partial charge in [0.25, 0.3) is 5.56 Å². The number of hydrogen-bond donors (Lipinski definition) is 0. The van der Waals surface area contributed by atoms with Crippen LogP contribution < -0.4 is 27.1 Å². The monoisotopic (exact) mass is 314 g/mol. The molecule has 4 rings (SSSR count). The molecule has 0 fully saturated rings. The van der Waals surface area contributed by atoms with Gasteiger partial charge in [-0.1, -0.05) is 18.2 Å². The van der Waals surface area contributed by atoms with Crippen molar-refractivity contribution in [2.45, 2.75) is 0 Å². The third kappa shape index (κ3) is 1.43. The molecule has 94 valence electrons. The second-order valence-electron chi connectivity index (χ2n) is 4.60. The normalized spacial score (nSPS) is 11.2. The van der Waals surface area contributed by atoms with Gasteiger partial charge >= 0.3 is 0 Å². The number of halogens is 1. The van der Waals surface area contributed by atoms with E-state index in [0.717, 1.165) is 27.3 Å². The molecule has 4 heteroatoms. The molecule has 0 bridgehead atoms. The van der Waals surface area contributed by atoms with Gasteiger partial charge in [-0.3, -0.25) is 9.20 Å². The molecule has 1 aromatic carbocycles. The maximum Gasteiger partial charge on any atom is 0.256 e. The fourth-order valence-corrected chi connectivity index (χ4v) is 2.77. The van der Waals surface area contributed by atoms with Crippen molar-refractivity contribution < 1.29 is 21.5 Å². The molecular weight excluding hydrogens is 304 g/mol. The number of rotatable bonds is 0. The Balaban J connectivity index is 0.00000110. The Bertz CT molecular complexity index is 959. The van der Waals surface area contributed by atoms with Gasteiger partial charge in [0.05, 0.1) is 5.52 Å². The molecule has 0 aliphatic heterocycles. The van der Waals surface area contributed by atoms with Crippen molar-refractivity contribution in [2.75, 3.05) is 0 Å². The predicted octanol–water partition coefficient (Wildman–Crippen LogP) is -1.13. The van der Waals surface area contributed by atoms with E-state index in [0.29, 0.717) is 0 Å². The summed E-state index contributed by atoms with van der Waals surface area (Å²) in [4.78, 5) is 12.1. The third-order valence-electron chi connectivity index (χ3n) is 3.61. The van der Waals surface area contributed by atoms with Crippen molar-refractivity contribution in [2.24, 2.45) is 7.05 Å². The second-order valence-corrected chi connectivity index (χ2v) is 4.60. The molecule has 0 amide bonds. The highest BCUT2D eigenvalue weighted by atomic mass is 79.9. The average Bonchev–Trinajstić information content (AvgIpc) is 2.72. The Kier molecular flexibility index (Phi) is 2.57. The van der Waals surface area contributed by atoms with Gasteiger partial charge in [0.1, 0.15) is 12.6 Å². The zero-order valence-electron chi connectivity index (χ0n) is 10.3. The highest BCUT2D eigenvalue weighted by Crippen LogP contribution is 2.28. The van der Waals surface area contributed by atoms with Crippen LogP contribution in [0.15, 0.2) is 53.5 Å². The van der Waals surface area contributed by atoms with Crippen LogP contribution in [0, 0.1) is 0 Å². The van der Waals surface area contributed by atoms with E-state index < -0.39 is 0 Å². The van der Waals surface area contributed by atoms with Gasteiger partial charge in [0.15, 0.2) is 6.20 Å². The molecule has 0 saturated heterocycles. The van der Waals surface area contributed by atoms with Gasteiger partial charge in [-0.05, 0) is 6.07 Å².